The summed E-state index contributed by atoms with van der Waals surface area (Å²) in [5, 5.41) is 0. The Morgan fingerprint density at radius 3 is 2.33 bits per heavy atom. The molecule has 1 aromatic carbocycles. The van der Waals surface area contributed by atoms with Crippen LogP contribution in [0.1, 0.15) is 62.7 Å². The maximum Gasteiger partial charge on any atom is 0.194 e. The van der Waals surface area contributed by atoms with Gasteiger partial charge >= 0.3 is 0 Å². The molecule has 0 radical (unpaired) electrons. The summed E-state index contributed by atoms with van der Waals surface area (Å²) in [7, 11) is 0. The first kappa shape index (κ1) is 16.0. The lowest BCUT2D eigenvalue weighted by Crippen LogP contribution is -2.43. The molecule has 21 heavy (non-hydrogen) atoms. The van der Waals surface area contributed by atoms with Crippen molar-refractivity contribution >= 4 is 5.78 Å². The van der Waals surface area contributed by atoms with Crippen molar-refractivity contribution in [2.45, 2.75) is 58.0 Å². The van der Waals surface area contributed by atoms with Gasteiger partial charge in [0.2, 0.25) is 0 Å². The standard InChI is InChI=1S/C18H26O3/c1-3-14-20-16-10-8-15(9-11-16)17(19)18(21-4-2)12-6-5-7-13-18/h8-11H,3-7,12-14H2,1-2H3. The van der Waals surface area contributed by atoms with Crippen molar-refractivity contribution in [3.8, 4) is 5.75 Å². The number of rotatable bonds is 7. The Morgan fingerprint density at radius 1 is 1.10 bits per heavy atom. The van der Waals surface area contributed by atoms with Crippen molar-refractivity contribution in [3.05, 3.63) is 29.8 Å². The number of hydrogen-bond donors (Lipinski definition) is 0. The summed E-state index contributed by atoms with van der Waals surface area (Å²) in [5.74, 6) is 0.952. The van der Waals surface area contributed by atoms with E-state index in [1.54, 1.807) is 0 Å². The third kappa shape index (κ3) is 3.85. The Hall–Kier alpha value is -1.35. The molecule has 0 unspecified atom stereocenters. The molecule has 0 N–H and O–H groups in total. The number of benzene rings is 1. The van der Waals surface area contributed by atoms with Gasteiger partial charge in [-0.1, -0.05) is 26.2 Å². The summed E-state index contributed by atoms with van der Waals surface area (Å²) in [6.07, 6.45) is 6.01. The van der Waals surface area contributed by atoms with Crippen molar-refractivity contribution in [1.29, 1.82) is 0 Å². The van der Waals surface area contributed by atoms with Crippen LogP contribution in [0.2, 0.25) is 0 Å². The molecule has 0 heterocycles. The zero-order chi connectivity index (χ0) is 15.1. The Balaban J connectivity index is 2.12. The molecule has 2 rings (SSSR count). The van der Waals surface area contributed by atoms with Gasteiger partial charge in [-0.25, -0.2) is 0 Å². The fraction of sp³-hybridized carbons (Fsp3) is 0.611. The Labute approximate surface area is 127 Å². The smallest absolute Gasteiger partial charge is 0.194 e. The number of Topliss-reactive ketones (excluding diaryl/α,β-unsaturated/α-hetero) is 1. The first-order valence-corrected chi connectivity index (χ1v) is 8.13. The summed E-state index contributed by atoms with van der Waals surface area (Å²) in [6.45, 7) is 5.33. The summed E-state index contributed by atoms with van der Waals surface area (Å²) in [5.41, 5.74) is 0.132. The second kappa shape index (κ2) is 7.60. The minimum atomic E-state index is -0.598. The molecule has 0 aliphatic heterocycles. The molecule has 3 heteroatoms. The van der Waals surface area contributed by atoms with Crippen LogP contribution in [0.15, 0.2) is 24.3 Å². The SMILES string of the molecule is CCCOc1ccc(C(=O)C2(OCC)CCCCC2)cc1. The van der Waals surface area contributed by atoms with Crippen LogP contribution in [-0.4, -0.2) is 24.6 Å². The maximum absolute atomic E-state index is 12.9. The highest BCUT2D eigenvalue weighted by Gasteiger charge is 2.40. The van der Waals surface area contributed by atoms with E-state index in [2.05, 4.69) is 6.92 Å². The molecule has 116 valence electrons. The zero-order valence-electron chi connectivity index (χ0n) is 13.2. The fourth-order valence-electron chi connectivity index (χ4n) is 3.02. The van der Waals surface area contributed by atoms with Crippen LogP contribution >= 0.6 is 0 Å². The van der Waals surface area contributed by atoms with Crippen LogP contribution in [0.5, 0.6) is 5.75 Å². The average Bonchev–Trinajstić information content (AvgIpc) is 2.54. The summed E-state index contributed by atoms with van der Waals surface area (Å²) in [4.78, 5) is 12.9. The van der Waals surface area contributed by atoms with Gasteiger partial charge < -0.3 is 9.47 Å². The van der Waals surface area contributed by atoms with Gasteiger partial charge in [0.05, 0.1) is 6.61 Å². The zero-order valence-corrected chi connectivity index (χ0v) is 13.2. The van der Waals surface area contributed by atoms with Gasteiger partial charge in [-0.05, 0) is 50.5 Å². The largest absolute Gasteiger partial charge is 0.494 e. The summed E-state index contributed by atoms with van der Waals surface area (Å²) < 4.78 is 11.5. The third-order valence-electron chi connectivity index (χ3n) is 4.09. The van der Waals surface area contributed by atoms with Crippen molar-refractivity contribution < 1.29 is 14.3 Å². The monoisotopic (exact) mass is 290 g/mol. The number of ketones is 1. The van der Waals surface area contributed by atoms with Gasteiger partial charge in [0.25, 0.3) is 0 Å². The van der Waals surface area contributed by atoms with Gasteiger partial charge in [0, 0.05) is 12.2 Å². The van der Waals surface area contributed by atoms with Crippen molar-refractivity contribution in [2.75, 3.05) is 13.2 Å². The first-order chi connectivity index (χ1) is 10.2. The summed E-state index contributed by atoms with van der Waals surface area (Å²) >= 11 is 0. The van der Waals surface area contributed by atoms with Gasteiger partial charge in [-0.2, -0.15) is 0 Å². The van der Waals surface area contributed by atoms with E-state index in [1.165, 1.54) is 6.42 Å². The van der Waals surface area contributed by atoms with E-state index in [-0.39, 0.29) is 5.78 Å². The van der Waals surface area contributed by atoms with Crippen LogP contribution in [-0.2, 0) is 4.74 Å². The minimum Gasteiger partial charge on any atom is -0.494 e. The Kier molecular flexibility index (Phi) is 5.80. The molecule has 1 aliphatic rings. The van der Waals surface area contributed by atoms with E-state index in [0.717, 1.165) is 43.4 Å². The highest BCUT2D eigenvalue weighted by Crippen LogP contribution is 2.35. The van der Waals surface area contributed by atoms with Crippen LogP contribution in [0.25, 0.3) is 0 Å². The lowest BCUT2D eigenvalue weighted by Gasteiger charge is -2.35. The second-order valence-corrected chi connectivity index (χ2v) is 5.69. The summed E-state index contributed by atoms with van der Waals surface area (Å²) in [6, 6.07) is 7.49. The quantitative estimate of drug-likeness (QED) is 0.698. The molecule has 1 aliphatic carbocycles. The molecule has 1 aromatic rings. The van der Waals surface area contributed by atoms with Crippen LogP contribution in [0.4, 0.5) is 0 Å². The van der Waals surface area contributed by atoms with Gasteiger partial charge in [-0.3, -0.25) is 4.79 Å². The molecule has 3 nitrogen and oxygen atoms in total. The van der Waals surface area contributed by atoms with Crippen molar-refractivity contribution in [2.24, 2.45) is 0 Å². The molecule has 1 saturated carbocycles. The third-order valence-corrected chi connectivity index (χ3v) is 4.09. The van der Waals surface area contributed by atoms with Crippen LogP contribution in [0.3, 0.4) is 0 Å². The van der Waals surface area contributed by atoms with E-state index < -0.39 is 5.60 Å². The molecular formula is C18H26O3. The molecule has 1 fully saturated rings. The Morgan fingerprint density at radius 2 is 1.76 bits per heavy atom. The average molecular weight is 290 g/mol. The lowest BCUT2D eigenvalue weighted by atomic mass is 9.79. The predicted octanol–water partition coefficient (Wildman–Crippen LogP) is 4.40. The van der Waals surface area contributed by atoms with E-state index in [4.69, 9.17) is 9.47 Å². The van der Waals surface area contributed by atoms with Gasteiger partial charge in [-0.15, -0.1) is 0 Å². The highest BCUT2D eigenvalue weighted by molar-refractivity contribution is 6.02. The van der Waals surface area contributed by atoms with Crippen LogP contribution < -0.4 is 4.74 Å². The van der Waals surface area contributed by atoms with E-state index in [9.17, 15) is 4.79 Å². The number of hydrogen-bond acceptors (Lipinski definition) is 3. The van der Waals surface area contributed by atoms with Gasteiger partial charge in [0.1, 0.15) is 11.4 Å². The number of ether oxygens (including phenoxy) is 2. The van der Waals surface area contributed by atoms with Crippen molar-refractivity contribution in [3.63, 3.8) is 0 Å². The topological polar surface area (TPSA) is 35.5 Å². The lowest BCUT2D eigenvalue weighted by molar-refractivity contribution is -0.0411. The number of carbonyl (C=O) groups excluding carboxylic acids is 1. The highest BCUT2D eigenvalue weighted by atomic mass is 16.5. The van der Waals surface area contributed by atoms with Crippen molar-refractivity contribution in [1.82, 2.24) is 0 Å². The Bertz CT molecular complexity index is 439. The molecule has 0 amide bonds. The first-order valence-electron chi connectivity index (χ1n) is 8.13. The molecule has 0 spiro atoms. The number of carbonyl (C=O) groups is 1. The maximum atomic E-state index is 12.9. The molecule has 0 saturated heterocycles. The van der Waals surface area contributed by atoms with E-state index in [0.29, 0.717) is 13.2 Å². The fourth-order valence-corrected chi connectivity index (χ4v) is 3.02. The molecule has 0 atom stereocenters. The van der Waals surface area contributed by atoms with E-state index in [1.807, 2.05) is 31.2 Å². The predicted molar refractivity (Wildman–Crippen MR) is 84.0 cm³/mol. The minimum absolute atomic E-state index is 0.131. The molecule has 0 aromatic heterocycles. The van der Waals surface area contributed by atoms with Crippen LogP contribution in [0, 0.1) is 0 Å². The molecule has 0 bridgehead atoms. The van der Waals surface area contributed by atoms with E-state index >= 15 is 0 Å². The van der Waals surface area contributed by atoms with Gasteiger partial charge in [0.15, 0.2) is 5.78 Å². The second-order valence-electron chi connectivity index (χ2n) is 5.69. The normalized spacial score (nSPS) is 17.4. The molecular weight excluding hydrogens is 264 g/mol.